The summed E-state index contributed by atoms with van der Waals surface area (Å²) in [5.74, 6) is -0.554. The smallest absolute Gasteiger partial charge is 0.330 e. The lowest BCUT2D eigenvalue weighted by Crippen LogP contribution is -2.02. The Morgan fingerprint density at radius 3 is 1.88 bits per heavy atom. The highest BCUT2D eigenvalue weighted by molar-refractivity contribution is 5.81. The first-order valence-electron chi connectivity index (χ1n) is 9.83. The number of ether oxygens (including phenoxy) is 2. The molecule has 0 bridgehead atoms. The van der Waals surface area contributed by atoms with E-state index in [1.807, 2.05) is 6.08 Å². The molecule has 0 aliphatic carbocycles. The van der Waals surface area contributed by atoms with Crippen LogP contribution in [-0.4, -0.2) is 25.2 Å². The van der Waals surface area contributed by atoms with Crippen molar-refractivity contribution in [1.29, 1.82) is 0 Å². The van der Waals surface area contributed by atoms with Crippen molar-refractivity contribution in [3.63, 3.8) is 0 Å². The van der Waals surface area contributed by atoms with E-state index < -0.39 is 0 Å². The van der Waals surface area contributed by atoms with Crippen LogP contribution in [0.3, 0.4) is 0 Å². The maximum absolute atomic E-state index is 11.5. The number of unbranched alkanes of at least 4 members (excludes halogenated alkanes) is 10. The predicted molar refractivity (Wildman–Crippen MR) is 102 cm³/mol. The fourth-order valence-corrected chi connectivity index (χ4v) is 2.41. The van der Waals surface area contributed by atoms with E-state index in [9.17, 15) is 9.59 Å². The second kappa shape index (κ2) is 18.8. The first-order chi connectivity index (χ1) is 12.2. The molecular formula is C21H36O4. The van der Waals surface area contributed by atoms with Gasteiger partial charge in [-0.3, -0.25) is 0 Å². The number of allylic oxidation sites excluding steroid dienone is 1. The average molecular weight is 353 g/mol. The molecule has 144 valence electrons. The maximum atomic E-state index is 11.5. The van der Waals surface area contributed by atoms with Gasteiger partial charge in [0.2, 0.25) is 0 Å². The second-order valence-electron chi connectivity index (χ2n) is 6.27. The minimum Gasteiger partial charge on any atom is -0.463 e. The topological polar surface area (TPSA) is 52.6 Å². The highest BCUT2D eigenvalue weighted by atomic mass is 16.5. The van der Waals surface area contributed by atoms with Gasteiger partial charge in [-0.2, -0.15) is 0 Å². The molecule has 0 N–H and O–H groups in total. The number of rotatable bonds is 17. The van der Waals surface area contributed by atoms with Gasteiger partial charge >= 0.3 is 11.9 Å². The van der Waals surface area contributed by atoms with Crippen molar-refractivity contribution in [2.45, 2.75) is 84.0 Å². The molecule has 0 rings (SSSR count). The molecule has 0 aromatic heterocycles. The van der Waals surface area contributed by atoms with Crippen LogP contribution >= 0.6 is 0 Å². The Labute approximate surface area is 153 Å². The Balaban J connectivity index is 3.27. The molecule has 0 heterocycles. The zero-order valence-corrected chi connectivity index (χ0v) is 16.0. The highest BCUT2D eigenvalue weighted by Gasteiger charge is 1.97. The molecule has 0 saturated carbocycles. The fraction of sp³-hybridized carbons (Fsp3) is 0.714. The Morgan fingerprint density at radius 1 is 0.760 bits per heavy atom. The fourth-order valence-electron chi connectivity index (χ4n) is 2.41. The van der Waals surface area contributed by atoms with Crippen LogP contribution in [-0.2, 0) is 19.1 Å². The van der Waals surface area contributed by atoms with E-state index in [-0.39, 0.29) is 11.9 Å². The third-order valence-corrected chi connectivity index (χ3v) is 3.92. The molecular weight excluding hydrogens is 316 g/mol. The zero-order valence-electron chi connectivity index (χ0n) is 16.0. The van der Waals surface area contributed by atoms with E-state index in [0.717, 1.165) is 38.5 Å². The van der Waals surface area contributed by atoms with Crippen LogP contribution in [0, 0.1) is 0 Å². The molecule has 0 aliphatic heterocycles. The number of hydrogen-bond acceptors (Lipinski definition) is 4. The van der Waals surface area contributed by atoms with Crippen LogP contribution in [0.5, 0.6) is 0 Å². The van der Waals surface area contributed by atoms with Gasteiger partial charge in [-0.05, 0) is 25.7 Å². The van der Waals surface area contributed by atoms with Crippen molar-refractivity contribution < 1.29 is 19.1 Å². The summed E-state index contributed by atoms with van der Waals surface area (Å²) >= 11 is 0. The zero-order chi connectivity index (χ0) is 18.6. The molecule has 0 aromatic rings. The van der Waals surface area contributed by atoms with Gasteiger partial charge in [0.05, 0.1) is 13.2 Å². The number of hydrogen-bond donors (Lipinski definition) is 0. The summed E-state index contributed by atoms with van der Waals surface area (Å²) < 4.78 is 10.1. The molecule has 4 heteroatoms. The largest absolute Gasteiger partial charge is 0.463 e. The van der Waals surface area contributed by atoms with Crippen molar-refractivity contribution in [2.24, 2.45) is 0 Å². The Morgan fingerprint density at radius 2 is 1.28 bits per heavy atom. The van der Waals surface area contributed by atoms with Gasteiger partial charge in [0, 0.05) is 12.2 Å². The molecule has 0 unspecified atom stereocenters. The third-order valence-electron chi connectivity index (χ3n) is 3.92. The minimum absolute atomic E-state index is 0.214. The van der Waals surface area contributed by atoms with E-state index in [4.69, 9.17) is 9.47 Å². The molecule has 25 heavy (non-hydrogen) atoms. The quantitative estimate of drug-likeness (QED) is 0.197. The van der Waals surface area contributed by atoms with Crippen LogP contribution in [0.1, 0.15) is 84.0 Å². The van der Waals surface area contributed by atoms with Gasteiger partial charge in [-0.15, -0.1) is 0 Å². The normalized spacial score (nSPS) is 10.8. The number of carbonyl (C=O) groups excluding carboxylic acids is 2. The van der Waals surface area contributed by atoms with E-state index in [1.54, 1.807) is 6.08 Å². The molecule has 0 fully saturated rings. The van der Waals surface area contributed by atoms with Crippen molar-refractivity contribution in [3.05, 3.63) is 24.8 Å². The summed E-state index contributed by atoms with van der Waals surface area (Å²) in [5.41, 5.74) is 0. The van der Waals surface area contributed by atoms with Crippen molar-refractivity contribution >= 4 is 11.9 Å². The van der Waals surface area contributed by atoms with E-state index in [0.29, 0.717) is 13.2 Å². The van der Waals surface area contributed by atoms with Gasteiger partial charge in [0.15, 0.2) is 0 Å². The summed E-state index contributed by atoms with van der Waals surface area (Å²) in [6.45, 7) is 6.55. The first kappa shape index (κ1) is 23.4. The van der Waals surface area contributed by atoms with Gasteiger partial charge in [0.1, 0.15) is 0 Å². The molecule has 0 saturated heterocycles. The molecule has 0 aromatic carbocycles. The summed E-state index contributed by atoms with van der Waals surface area (Å²) in [6.07, 6.45) is 18.0. The highest BCUT2D eigenvalue weighted by Crippen LogP contribution is 2.09. The predicted octanol–water partition coefficient (Wildman–Crippen LogP) is 5.52. The summed E-state index contributed by atoms with van der Waals surface area (Å²) in [4.78, 5) is 22.3. The van der Waals surface area contributed by atoms with Crippen molar-refractivity contribution in [2.75, 3.05) is 13.2 Å². The van der Waals surface area contributed by atoms with Gasteiger partial charge in [-0.25, -0.2) is 9.59 Å². The van der Waals surface area contributed by atoms with Crippen LogP contribution in [0.25, 0.3) is 0 Å². The summed E-state index contributed by atoms with van der Waals surface area (Å²) in [6, 6.07) is 0. The lowest BCUT2D eigenvalue weighted by Gasteiger charge is -2.02. The Kier molecular flexibility index (Phi) is 17.6. The number of carbonyl (C=O) groups is 2. The Hall–Kier alpha value is -1.58. The lowest BCUT2D eigenvalue weighted by atomic mass is 10.1. The SMILES string of the molecule is C=CC(=O)OCCCCCCCCC/C=C/C(=O)OCCCCCC. The third kappa shape index (κ3) is 18.6. The van der Waals surface area contributed by atoms with Crippen LogP contribution in [0.4, 0.5) is 0 Å². The monoisotopic (exact) mass is 352 g/mol. The van der Waals surface area contributed by atoms with Crippen LogP contribution < -0.4 is 0 Å². The van der Waals surface area contributed by atoms with Crippen LogP contribution in [0.2, 0.25) is 0 Å². The van der Waals surface area contributed by atoms with Crippen LogP contribution in [0.15, 0.2) is 24.8 Å². The Bertz CT molecular complexity index is 374. The maximum Gasteiger partial charge on any atom is 0.330 e. The van der Waals surface area contributed by atoms with Gasteiger partial charge in [0.25, 0.3) is 0 Å². The molecule has 0 atom stereocenters. The standard InChI is InChI=1S/C21H36O4/c1-3-5-6-15-19-25-21(23)17-14-12-10-8-7-9-11-13-16-18-24-20(22)4-2/h4,14,17H,2-3,5-13,15-16,18-19H2,1H3/b17-14+. The van der Waals surface area contributed by atoms with E-state index >= 15 is 0 Å². The molecule has 4 nitrogen and oxygen atoms in total. The summed E-state index contributed by atoms with van der Waals surface area (Å²) in [7, 11) is 0. The molecule has 0 aliphatic rings. The number of esters is 2. The van der Waals surface area contributed by atoms with Gasteiger partial charge < -0.3 is 9.47 Å². The van der Waals surface area contributed by atoms with E-state index in [1.165, 1.54) is 44.6 Å². The van der Waals surface area contributed by atoms with Crippen molar-refractivity contribution in [1.82, 2.24) is 0 Å². The lowest BCUT2D eigenvalue weighted by molar-refractivity contribution is -0.138. The first-order valence-corrected chi connectivity index (χ1v) is 9.83. The summed E-state index contributed by atoms with van der Waals surface area (Å²) in [5, 5.41) is 0. The molecule has 0 radical (unpaired) electrons. The minimum atomic E-state index is -0.339. The van der Waals surface area contributed by atoms with Gasteiger partial charge in [-0.1, -0.05) is 70.9 Å². The second-order valence-corrected chi connectivity index (χ2v) is 6.27. The average Bonchev–Trinajstić information content (AvgIpc) is 2.62. The molecule has 0 spiro atoms. The van der Waals surface area contributed by atoms with Crippen molar-refractivity contribution in [3.8, 4) is 0 Å². The molecule has 0 amide bonds. The van der Waals surface area contributed by atoms with E-state index in [2.05, 4.69) is 13.5 Å².